The highest BCUT2D eigenvalue weighted by Crippen LogP contribution is 2.44. The van der Waals surface area contributed by atoms with Crippen LogP contribution in [0.5, 0.6) is 0 Å². The normalized spacial score (nSPS) is 17.2. The number of nitrogens with zero attached hydrogens (tertiary/aromatic N) is 4. The number of para-hydroxylation sites is 2. The van der Waals surface area contributed by atoms with Crippen molar-refractivity contribution < 1.29 is 14.7 Å². The van der Waals surface area contributed by atoms with Crippen LogP contribution in [0.4, 0.5) is 21.0 Å². The maximum absolute atomic E-state index is 12.9. The van der Waals surface area contributed by atoms with Crippen molar-refractivity contribution in [1.29, 1.82) is 0 Å². The molecule has 3 heterocycles. The molecule has 3 aromatic carbocycles. The number of carboxylic acid groups (broad SMARTS) is 1. The summed E-state index contributed by atoms with van der Waals surface area (Å²) in [5, 5.41) is 13.5. The van der Waals surface area contributed by atoms with Crippen molar-refractivity contribution >= 4 is 23.5 Å². The van der Waals surface area contributed by atoms with Crippen molar-refractivity contribution in [2.75, 3.05) is 23.3 Å². The highest BCUT2D eigenvalue weighted by Gasteiger charge is 2.39. The molecule has 0 saturated carbocycles. The highest BCUT2D eigenvalue weighted by atomic mass is 16.4. The van der Waals surface area contributed by atoms with Gasteiger partial charge in [0, 0.05) is 36.1 Å². The maximum atomic E-state index is 12.9. The number of benzene rings is 3. The molecule has 2 atom stereocenters. The molecule has 198 valence electrons. The van der Waals surface area contributed by atoms with Crippen LogP contribution in [0, 0.1) is 5.92 Å². The minimum Gasteiger partial charge on any atom is -0.465 e. The van der Waals surface area contributed by atoms with E-state index < -0.39 is 6.09 Å². The molecule has 2 unspecified atom stereocenters. The smallest absolute Gasteiger partial charge is 0.412 e. The van der Waals surface area contributed by atoms with E-state index in [1.165, 1.54) is 5.56 Å². The van der Waals surface area contributed by atoms with Gasteiger partial charge in [-0.2, -0.15) is 0 Å². The van der Waals surface area contributed by atoms with Gasteiger partial charge in [0.1, 0.15) is 0 Å². The number of aromatic nitrogens is 2. The SMILES string of the molecule is O=C(Nc1ccccc1)N1CCC(C(CC2c3ccccc3-c3cncn32)N(C(=O)O)c2ccccc2)CC1. The number of nitrogens with one attached hydrogen (secondary N) is 1. The molecule has 0 spiro atoms. The monoisotopic (exact) mass is 521 g/mol. The molecule has 0 radical (unpaired) electrons. The summed E-state index contributed by atoms with van der Waals surface area (Å²) in [4.78, 5) is 33.5. The Hall–Kier alpha value is -4.59. The second kappa shape index (κ2) is 10.6. The summed E-state index contributed by atoms with van der Waals surface area (Å²) in [5.41, 5.74) is 4.82. The molecule has 2 aliphatic heterocycles. The van der Waals surface area contributed by atoms with Crippen LogP contribution in [0.15, 0.2) is 97.5 Å². The fourth-order valence-electron chi connectivity index (χ4n) is 6.15. The molecule has 3 amide bonds. The van der Waals surface area contributed by atoms with Crippen LogP contribution in [-0.2, 0) is 0 Å². The minimum absolute atomic E-state index is 0.0197. The van der Waals surface area contributed by atoms with E-state index in [1.54, 1.807) is 4.90 Å². The second-order valence-corrected chi connectivity index (χ2v) is 10.2. The fourth-order valence-corrected chi connectivity index (χ4v) is 6.15. The number of imidazole rings is 1. The van der Waals surface area contributed by atoms with Gasteiger partial charge >= 0.3 is 12.1 Å². The third-order valence-corrected chi connectivity index (χ3v) is 8.03. The largest absolute Gasteiger partial charge is 0.465 e. The van der Waals surface area contributed by atoms with E-state index in [4.69, 9.17) is 0 Å². The molecule has 2 N–H and O–H groups in total. The highest BCUT2D eigenvalue weighted by molar-refractivity contribution is 5.89. The van der Waals surface area contributed by atoms with Gasteiger partial charge < -0.3 is 19.9 Å². The van der Waals surface area contributed by atoms with Crippen molar-refractivity contribution in [3.63, 3.8) is 0 Å². The summed E-state index contributed by atoms with van der Waals surface area (Å²) >= 11 is 0. The van der Waals surface area contributed by atoms with Gasteiger partial charge in [-0.05, 0) is 55.0 Å². The first-order valence-corrected chi connectivity index (χ1v) is 13.4. The number of amides is 3. The Kier molecular flexibility index (Phi) is 6.75. The Balaban J connectivity index is 1.27. The molecule has 1 saturated heterocycles. The van der Waals surface area contributed by atoms with Crippen molar-refractivity contribution in [2.45, 2.75) is 31.3 Å². The lowest BCUT2D eigenvalue weighted by atomic mass is 9.83. The third-order valence-electron chi connectivity index (χ3n) is 8.03. The first-order chi connectivity index (χ1) is 19.1. The van der Waals surface area contributed by atoms with E-state index in [0.717, 1.165) is 16.9 Å². The second-order valence-electron chi connectivity index (χ2n) is 10.2. The zero-order valence-electron chi connectivity index (χ0n) is 21.6. The zero-order valence-corrected chi connectivity index (χ0v) is 21.6. The molecule has 39 heavy (non-hydrogen) atoms. The molecule has 4 aromatic rings. The molecule has 0 aliphatic carbocycles. The first-order valence-electron chi connectivity index (χ1n) is 13.4. The number of likely N-dealkylation sites (tertiary alicyclic amines) is 1. The topological polar surface area (TPSA) is 90.7 Å². The van der Waals surface area contributed by atoms with Crippen molar-refractivity contribution in [2.24, 2.45) is 5.92 Å². The van der Waals surface area contributed by atoms with Gasteiger partial charge in [0.2, 0.25) is 0 Å². The van der Waals surface area contributed by atoms with Crippen molar-refractivity contribution in [3.05, 3.63) is 103 Å². The standard InChI is InChI=1S/C31H31N5O3/c37-30(33-23-9-3-1-4-10-23)34-17-15-22(16-18-34)27(36(31(38)39)24-11-5-2-6-12-24)19-28-25-13-7-8-14-26(25)29-20-32-21-35(28)29/h1-14,20-22,27-28H,15-19H2,(H,33,37)(H,38,39). The van der Waals surface area contributed by atoms with Crippen LogP contribution in [0.3, 0.4) is 0 Å². The minimum atomic E-state index is -0.965. The molecular weight excluding hydrogens is 490 g/mol. The predicted octanol–water partition coefficient (Wildman–Crippen LogP) is 6.34. The number of hydrogen-bond donors (Lipinski definition) is 2. The molecule has 8 heteroatoms. The average Bonchev–Trinajstić information content (AvgIpc) is 3.56. The molecule has 8 nitrogen and oxygen atoms in total. The number of fused-ring (bicyclic) bond motifs is 3. The van der Waals surface area contributed by atoms with E-state index in [9.17, 15) is 14.7 Å². The number of anilines is 2. The number of hydrogen-bond acceptors (Lipinski definition) is 3. The van der Waals surface area contributed by atoms with Gasteiger partial charge in [-0.1, -0.05) is 60.7 Å². The van der Waals surface area contributed by atoms with Gasteiger partial charge in [-0.25, -0.2) is 14.6 Å². The molecule has 6 rings (SSSR count). The van der Waals surface area contributed by atoms with E-state index in [1.807, 2.05) is 90.2 Å². The summed E-state index contributed by atoms with van der Waals surface area (Å²) < 4.78 is 2.17. The molecule has 1 aromatic heterocycles. The summed E-state index contributed by atoms with van der Waals surface area (Å²) in [6.45, 7) is 1.14. The summed E-state index contributed by atoms with van der Waals surface area (Å²) in [6.07, 6.45) is 4.81. The van der Waals surface area contributed by atoms with Gasteiger partial charge in [0.25, 0.3) is 0 Å². The number of carbonyl (C=O) groups is 2. The van der Waals surface area contributed by atoms with E-state index in [-0.39, 0.29) is 24.0 Å². The summed E-state index contributed by atoms with van der Waals surface area (Å²) in [5.74, 6) is 0.0850. The summed E-state index contributed by atoms with van der Waals surface area (Å²) in [6, 6.07) is 26.7. The van der Waals surface area contributed by atoms with Crippen LogP contribution in [0.2, 0.25) is 0 Å². The Bertz CT molecular complexity index is 1450. The number of carbonyl (C=O) groups excluding carboxylic acids is 1. The Morgan fingerprint density at radius 2 is 1.62 bits per heavy atom. The molecular formula is C31H31N5O3. The lowest BCUT2D eigenvalue weighted by molar-refractivity contribution is 0.160. The van der Waals surface area contributed by atoms with Crippen LogP contribution < -0.4 is 10.2 Å². The van der Waals surface area contributed by atoms with Crippen molar-refractivity contribution in [3.8, 4) is 11.3 Å². The lowest BCUT2D eigenvalue weighted by Crippen LogP contribution is -2.50. The fraction of sp³-hybridized carbons (Fsp3) is 0.258. The number of urea groups is 1. The lowest BCUT2D eigenvalue weighted by Gasteiger charge is -2.41. The van der Waals surface area contributed by atoms with Crippen molar-refractivity contribution in [1.82, 2.24) is 14.5 Å². The number of rotatable bonds is 6. The zero-order chi connectivity index (χ0) is 26.8. The Labute approximate surface area is 227 Å². The maximum Gasteiger partial charge on any atom is 0.412 e. The Morgan fingerprint density at radius 1 is 0.949 bits per heavy atom. The van der Waals surface area contributed by atoms with Gasteiger partial charge in [0.05, 0.1) is 24.3 Å². The first kappa shape index (κ1) is 24.7. The van der Waals surface area contributed by atoms with Crippen LogP contribution >= 0.6 is 0 Å². The third kappa shape index (κ3) is 4.85. The Morgan fingerprint density at radius 3 is 2.33 bits per heavy atom. The van der Waals surface area contributed by atoms with Gasteiger partial charge in [-0.3, -0.25) is 4.90 Å². The number of piperidine rings is 1. The average molecular weight is 522 g/mol. The quantitative estimate of drug-likeness (QED) is 0.310. The predicted molar refractivity (Wildman–Crippen MR) is 151 cm³/mol. The van der Waals surface area contributed by atoms with E-state index in [0.29, 0.717) is 38.0 Å². The van der Waals surface area contributed by atoms with Gasteiger partial charge in [0.15, 0.2) is 0 Å². The molecule has 1 fully saturated rings. The van der Waals surface area contributed by atoms with Crippen LogP contribution in [0.25, 0.3) is 11.3 Å². The molecule has 2 aliphatic rings. The van der Waals surface area contributed by atoms with E-state index in [2.05, 4.69) is 27.0 Å². The van der Waals surface area contributed by atoms with Crippen LogP contribution in [-0.4, -0.2) is 50.8 Å². The van der Waals surface area contributed by atoms with Crippen LogP contribution in [0.1, 0.15) is 30.9 Å². The van der Waals surface area contributed by atoms with Gasteiger partial charge in [-0.15, -0.1) is 0 Å². The summed E-state index contributed by atoms with van der Waals surface area (Å²) in [7, 11) is 0. The van der Waals surface area contributed by atoms with E-state index >= 15 is 0 Å². The molecule has 0 bridgehead atoms.